The first-order chi connectivity index (χ1) is 9.37. The van der Waals surface area contributed by atoms with E-state index in [-0.39, 0.29) is 10.6 Å². The Morgan fingerprint density at radius 1 is 1.30 bits per heavy atom. The minimum absolute atomic E-state index is 0.145. The van der Waals surface area contributed by atoms with Crippen LogP contribution in [0.2, 0.25) is 0 Å². The van der Waals surface area contributed by atoms with Crippen molar-refractivity contribution in [2.75, 3.05) is 4.72 Å². The molecule has 1 aromatic carbocycles. The summed E-state index contributed by atoms with van der Waals surface area (Å²) in [6, 6.07) is 9.65. The van der Waals surface area contributed by atoms with Gasteiger partial charge < -0.3 is 5.11 Å². The number of carbonyl (C=O) groups is 1. The van der Waals surface area contributed by atoms with E-state index >= 15 is 0 Å². The van der Waals surface area contributed by atoms with E-state index in [2.05, 4.69) is 4.72 Å². The highest BCUT2D eigenvalue weighted by molar-refractivity contribution is 7.94. The van der Waals surface area contributed by atoms with E-state index in [4.69, 9.17) is 5.11 Å². The highest BCUT2D eigenvalue weighted by atomic mass is 32.2. The maximum absolute atomic E-state index is 12.1. The lowest BCUT2D eigenvalue weighted by Crippen LogP contribution is -2.11. The van der Waals surface area contributed by atoms with Crippen LogP contribution in [-0.4, -0.2) is 19.5 Å². The molecule has 20 heavy (non-hydrogen) atoms. The molecule has 0 saturated carbocycles. The molecule has 2 aromatic rings. The Hall–Kier alpha value is -1.86. The third-order valence-electron chi connectivity index (χ3n) is 2.52. The van der Waals surface area contributed by atoms with Gasteiger partial charge >= 0.3 is 5.97 Å². The van der Waals surface area contributed by atoms with E-state index in [9.17, 15) is 13.2 Å². The van der Waals surface area contributed by atoms with Gasteiger partial charge in [-0.3, -0.25) is 9.52 Å². The molecule has 2 N–H and O–H groups in total. The number of carboxylic acid groups (broad SMARTS) is 1. The summed E-state index contributed by atoms with van der Waals surface area (Å²) in [5, 5.41) is 8.73. The molecular weight excluding hydrogens is 298 g/mol. The normalized spacial score (nSPS) is 11.2. The molecule has 0 unspecified atom stereocenters. The molecule has 0 saturated heterocycles. The Kier molecular flexibility index (Phi) is 4.10. The zero-order valence-electron chi connectivity index (χ0n) is 10.7. The highest BCUT2D eigenvalue weighted by Crippen LogP contribution is 2.23. The molecule has 0 fully saturated rings. The van der Waals surface area contributed by atoms with Gasteiger partial charge in [-0.1, -0.05) is 12.1 Å². The van der Waals surface area contributed by atoms with Crippen LogP contribution in [0.1, 0.15) is 10.4 Å². The molecule has 7 heteroatoms. The highest BCUT2D eigenvalue weighted by Gasteiger charge is 2.16. The van der Waals surface area contributed by atoms with Crippen LogP contribution in [0.25, 0.3) is 0 Å². The SMILES string of the molecule is Cc1ccc(S(=O)(=O)Nc2cccc(CC(=O)O)c2)s1. The van der Waals surface area contributed by atoms with E-state index in [1.165, 1.54) is 17.4 Å². The van der Waals surface area contributed by atoms with E-state index in [0.717, 1.165) is 4.88 Å². The Bertz CT molecular complexity index is 734. The van der Waals surface area contributed by atoms with Gasteiger partial charge in [-0.25, -0.2) is 8.42 Å². The molecule has 0 atom stereocenters. The van der Waals surface area contributed by atoms with Crippen molar-refractivity contribution in [3.05, 3.63) is 46.8 Å². The molecule has 0 amide bonds. The van der Waals surface area contributed by atoms with E-state index < -0.39 is 16.0 Å². The number of aliphatic carboxylic acids is 1. The second-order valence-corrected chi connectivity index (χ2v) is 7.44. The van der Waals surface area contributed by atoms with Crippen molar-refractivity contribution < 1.29 is 18.3 Å². The van der Waals surface area contributed by atoms with Crippen molar-refractivity contribution in [2.24, 2.45) is 0 Å². The Balaban J connectivity index is 2.23. The smallest absolute Gasteiger partial charge is 0.307 e. The minimum Gasteiger partial charge on any atom is -0.481 e. The molecule has 0 bridgehead atoms. The van der Waals surface area contributed by atoms with Crippen LogP contribution in [0, 0.1) is 6.92 Å². The quantitative estimate of drug-likeness (QED) is 0.888. The lowest BCUT2D eigenvalue weighted by Gasteiger charge is -2.07. The first-order valence-corrected chi connectivity index (χ1v) is 8.07. The zero-order valence-corrected chi connectivity index (χ0v) is 12.3. The second-order valence-electron chi connectivity index (χ2n) is 4.24. The van der Waals surface area contributed by atoms with Crippen molar-refractivity contribution in [3.63, 3.8) is 0 Å². The summed E-state index contributed by atoms with van der Waals surface area (Å²) < 4.78 is 26.9. The van der Waals surface area contributed by atoms with Gasteiger partial charge in [0, 0.05) is 10.6 Å². The molecule has 0 aliphatic carbocycles. The Labute approximate surface area is 120 Å². The van der Waals surface area contributed by atoms with Crippen molar-refractivity contribution >= 4 is 33.0 Å². The van der Waals surface area contributed by atoms with E-state index in [0.29, 0.717) is 11.3 Å². The van der Waals surface area contributed by atoms with Crippen LogP contribution >= 0.6 is 11.3 Å². The van der Waals surface area contributed by atoms with Gasteiger partial charge in [-0.15, -0.1) is 11.3 Å². The number of anilines is 1. The van der Waals surface area contributed by atoms with Gasteiger partial charge in [0.1, 0.15) is 4.21 Å². The predicted molar refractivity (Wildman–Crippen MR) is 77.6 cm³/mol. The van der Waals surface area contributed by atoms with Crippen molar-refractivity contribution in [1.29, 1.82) is 0 Å². The molecule has 106 valence electrons. The summed E-state index contributed by atoms with van der Waals surface area (Å²) in [7, 11) is -3.62. The Morgan fingerprint density at radius 2 is 2.05 bits per heavy atom. The van der Waals surface area contributed by atoms with Crippen LogP contribution in [0.5, 0.6) is 0 Å². The topological polar surface area (TPSA) is 83.5 Å². The predicted octanol–water partition coefficient (Wildman–Crippen LogP) is 2.48. The number of carboxylic acids is 1. The fourth-order valence-electron chi connectivity index (χ4n) is 1.68. The molecule has 5 nitrogen and oxygen atoms in total. The lowest BCUT2D eigenvalue weighted by atomic mass is 10.1. The number of nitrogens with one attached hydrogen (secondary N) is 1. The van der Waals surface area contributed by atoms with Gasteiger partial charge in [-0.2, -0.15) is 0 Å². The lowest BCUT2D eigenvalue weighted by molar-refractivity contribution is -0.136. The molecule has 1 heterocycles. The fourth-order valence-corrected chi connectivity index (χ4v) is 4.01. The zero-order chi connectivity index (χ0) is 14.8. The maximum atomic E-state index is 12.1. The van der Waals surface area contributed by atoms with Gasteiger partial charge in [0.15, 0.2) is 0 Å². The number of thiophene rings is 1. The van der Waals surface area contributed by atoms with Gasteiger partial charge in [0.05, 0.1) is 6.42 Å². The molecule has 0 spiro atoms. The molecular formula is C13H13NO4S2. The van der Waals surface area contributed by atoms with Crippen LogP contribution in [0.4, 0.5) is 5.69 Å². The number of sulfonamides is 1. The van der Waals surface area contributed by atoms with Gasteiger partial charge in [-0.05, 0) is 36.8 Å². The first-order valence-electron chi connectivity index (χ1n) is 5.77. The van der Waals surface area contributed by atoms with Crippen molar-refractivity contribution in [1.82, 2.24) is 0 Å². The first kappa shape index (κ1) is 14.5. The van der Waals surface area contributed by atoms with E-state index in [1.807, 2.05) is 6.92 Å². The van der Waals surface area contributed by atoms with Crippen LogP contribution in [0.15, 0.2) is 40.6 Å². The maximum Gasteiger partial charge on any atom is 0.307 e. The summed E-state index contributed by atoms with van der Waals surface area (Å²) in [4.78, 5) is 11.6. The Morgan fingerprint density at radius 3 is 2.65 bits per heavy atom. The average molecular weight is 311 g/mol. The standard InChI is InChI=1S/C13H13NO4S2/c1-9-5-6-13(19-9)20(17,18)14-11-4-2-3-10(7-11)8-12(15)16/h2-7,14H,8H2,1H3,(H,15,16). The molecule has 1 aromatic heterocycles. The van der Waals surface area contributed by atoms with Gasteiger partial charge in [0.2, 0.25) is 0 Å². The number of benzene rings is 1. The summed E-state index contributed by atoms with van der Waals surface area (Å²) in [6.07, 6.45) is -0.145. The number of hydrogen-bond acceptors (Lipinski definition) is 4. The van der Waals surface area contributed by atoms with Crippen molar-refractivity contribution in [2.45, 2.75) is 17.6 Å². The number of aryl methyl sites for hydroxylation is 1. The van der Waals surface area contributed by atoms with Crippen LogP contribution in [0.3, 0.4) is 0 Å². The largest absolute Gasteiger partial charge is 0.481 e. The van der Waals surface area contributed by atoms with Crippen LogP contribution < -0.4 is 4.72 Å². The average Bonchev–Trinajstić information content (AvgIpc) is 2.75. The fraction of sp³-hybridized carbons (Fsp3) is 0.154. The molecule has 2 rings (SSSR count). The third kappa shape index (κ3) is 3.58. The molecule has 0 aliphatic heterocycles. The summed E-state index contributed by atoms with van der Waals surface area (Å²) >= 11 is 1.18. The summed E-state index contributed by atoms with van der Waals surface area (Å²) in [5.74, 6) is -0.959. The molecule has 0 radical (unpaired) electrons. The number of rotatable bonds is 5. The van der Waals surface area contributed by atoms with Gasteiger partial charge in [0.25, 0.3) is 10.0 Å². The third-order valence-corrected chi connectivity index (χ3v) is 5.39. The number of hydrogen-bond donors (Lipinski definition) is 2. The summed E-state index contributed by atoms with van der Waals surface area (Å²) in [6.45, 7) is 1.83. The van der Waals surface area contributed by atoms with E-state index in [1.54, 1.807) is 30.3 Å². The molecule has 0 aliphatic rings. The summed E-state index contributed by atoms with van der Waals surface area (Å²) in [5.41, 5.74) is 0.898. The van der Waals surface area contributed by atoms with Crippen molar-refractivity contribution in [3.8, 4) is 0 Å². The monoisotopic (exact) mass is 311 g/mol. The second kappa shape index (κ2) is 5.64. The minimum atomic E-state index is -3.62. The van der Waals surface area contributed by atoms with Crippen LogP contribution in [-0.2, 0) is 21.2 Å².